The molecule has 3 aromatic rings. The third kappa shape index (κ3) is 3.87. The van der Waals surface area contributed by atoms with Gasteiger partial charge in [0.25, 0.3) is 12.3 Å². The molecule has 2 aliphatic rings. The first-order chi connectivity index (χ1) is 14.9. The van der Waals surface area contributed by atoms with Crippen molar-refractivity contribution in [3.8, 4) is 5.75 Å². The second-order valence-electron chi connectivity index (χ2n) is 7.75. The summed E-state index contributed by atoms with van der Waals surface area (Å²) < 4.78 is 33.3. The van der Waals surface area contributed by atoms with Crippen molar-refractivity contribution in [2.75, 3.05) is 23.4 Å². The summed E-state index contributed by atoms with van der Waals surface area (Å²) in [6, 6.07) is 2.99. The zero-order chi connectivity index (χ0) is 21.7. The highest BCUT2D eigenvalue weighted by molar-refractivity contribution is 6.34. The molecule has 1 aliphatic carbocycles. The molecule has 0 spiro atoms. The van der Waals surface area contributed by atoms with Gasteiger partial charge in [0.2, 0.25) is 5.95 Å². The number of hydrogen-bond donors (Lipinski definition) is 1. The maximum absolute atomic E-state index is 12.9. The molecule has 0 radical (unpaired) electrons. The van der Waals surface area contributed by atoms with Gasteiger partial charge in [0.15, 0.2) is 12.3 Å². The maximum atomic E-state index is 12.9. The molecule has 0 saturated heterocycles. The van der Waals surface area contributed by atoms with Crippen LogP contribution < -0.4 is 15.0 Å². The van der Waals surface area contributed by atoms with Crippen molar-refractivity contribution >= 4 is 46.0 Å². The summed E-state index contributed by atoms with van der Waals surface area (Å²) in [6.07, 6.45) is 1.54. The lowest BCUT2D eigenvalue weighted by molar-refractivity contribution is -0.121. The minimum absolute atomic E-state index is 0.210. The molecular weight excluding hydrogens is 430 g/mol. The Labute approximate surface area is 181 Å². The number of alkyl halides is 2. The van der Waals surface area contributed by atoms with Crippen LogP contribution in [0.25, 0.3) is 11.2 Å². The molecule has 1 aliphatic heterocycles. The number of aryl methyl sites for hydroxylation is 1. The number of carbonyl (C=O) groups is 1. The largest absolute Gasteiger partial charge is 0.481 e. The first-order valence-corrected chi connectivity index (χ1v) is 10.3. The van der Waals surface area contributed by atoms with Crippen molar-refractivity contribution in [2.45, 2.75) is 32.7 Å². The second kappa shape index (κ2) is 7.60. The lowest BCUT2D eigenvalue weighted by Crippen LogP contribution is -2.41. The number of benzene rings is 1. The molecule has 11 heteroatoms. The number of rotatable bonds is 6. The smallest absolute Gasteiger partial charge is 0.265 e. The Morgan fingerprint density at radius 3 is 2.87 bits per heavy atom. The second-order valence-corrected chi connectivity index (χ2v) is 8.16. The number of nitrogens with one attached hydrogen (secondary N) is 1. The zero-order valence-corrected chi connectivity index (χ0v) is 17.4. The highest BCUT2D eigenvalue weighted by Crippen LogP contribution is 2.40. The molecule has 0 bridgehead atoms. The van der Waals surface area contributed by atoms with Gasteiger partial charge in [0.1, 0.15) is 11.3 Å². The molecular formula is C20H19ClF2N6O2. The normalized spacial score (nSPS) is 16.0. The number of hydrogen-bond acceptors (Lipinski definition) is 6. The molecule has 0 atom stereocenters. The molecule has 1 amide bonds. The fourth-order valence-corrected chi connectivity index (χ4v) is 3.83. The Morgan fingerprint density at radius 2 is 2.13 bits per heavy atom. The van der Waals surface area contributed by atoms with Gasteiger partial charge in [-0.25, -0.2) is 18.7 Å². The van der Waals surface area contributed by atoms with Gasteiger partial charge >= 0.3 is 0 Å². The van der Waals surface area contributed by atoms with E-state index < -0.39 is 18.9 Å². The standard InChI is InChI=1S/C20H19ClF2N6O2/c1-10-18-19(28(9-24-18)6-11-2-3-11)27-20(25-10)26-13-5-15-14(4-12(13)21)29(7-16(22)23)17(30)8-31-15/h4-5,9,11,16H,2-3,6-8H2,1H3,(H,25,26,27). The van der Waals surface area contributed by atoms with Crippen molar-refractivity contribution < 1.29 is 18.3 Å². The van der Waals surface area contributed by atoms with Crippen molar-refractivity contribution in [2.24, 2.45) is 5.92 Å². The highest BCUT2D eigenvalue weighted by atomic mass is 35.5. The van der Waals surface area contributed by atoms with Gasteiger partial charge < -0.3 is 19.5 Å². The van der Waals surface area contributed by atoms with Crippen LogP contribution in [0.15, 0.2) is 18.5 Å². The molecule has 1 fully saturated rings. The summed E-state index contributed by atoms with van der Waals surface area (Å²) in [5, 5.41) is 3.31. The Balaban J connectivity index is 1.47. The quantitative estimate of drug-likeness (QED) is 0.615. The van der Waals surface area contributed by atoms with Gasteiger partial charge in [-0.15, -0.1) is 0 Å². The van der Waals surface area contributed by atoms with Crippen molar-refractivity contribution in [1.29, 1.82) is 0 Å². The fraction of sp³-hybridized carbons (Fsp3) is 0.400. The van der Waals surface area contributed by atoms with Crippen LogP contribution >= 0.6 is 11.6 Å². The average Bonchev–Trinajstić information content (AvgIpc) is 3.44. The summed E-state index contributed by atoms with van der Waals surface area (Å²) in [7, 11) is 0. The minimum Gasteiger partial charge on any atom is -0.481 e. The number of halogens is 3. The van der Waals surface area contributed by atoms with Gasteiger partial charge in [-0.2, -0.15) is 4.98 Å². The number of fused-ring (bicyclic) bond motifs is 2. The SMILES string of the molecule is Cc1nc(Nc2cc3c(cc2Cl)N(CC(F)F)C(=O)CO3)nc2c1ncn2CC1CC1. The van der Waals surface area contributed by atoms with Crippen molar-refractivity contribution in [1.82, 2.24) is 19.5 Å². The van der Waals surface area contributed by atoms with Gasteiger partial charge in [-0.1, -0.05) is 11.6 Å². The Bertz CT molecular complexity index is 1180. The summed E-state index contributed by atoms with van der Waals surface area (Å²) in [5.41, 5.74) is 2.86. The Morgan fingerprint density at radius 1 is 1.32 bits per heavy atom. The van der Waals surface area contributed by atoms with Crippen molar-refractivity contribution in [3.63, 3.8) is 0 Å². The van der Waals surface area contributed by atoms with E-state index in [4.69, 9.17) is 16.3 Å². The van der Waals surface area contributed by atoms with E-state index in [-0.39, 0.29) is 23.1 Å². The van der Waals surface area contributed by atoms with Crippen LogP contribution in [0.2, 0.25) is 5.02 Å². The van der Waals surface area contributed by atoms with Crippen LogP contribution in [-0.4, -0.2) is 45.0 Å². The summed E-state index contributed by atoms with van der Waals surface area (Å²) in [4.78, 5) is 26.5. The van der Waals surface area contributed by atoms with Crippen LogP contribution in [-0.2, 0) is 11.3 Å². The van der Waals surface area contributed by atoms with Crippen LogP contribution in [0.1, 0.15) is 18.5 Å². The minimum atomic E-state index is -2.67. The molecule has 1 N–H and O–H groups in total. The van der Waals surface area contributed by atoms with E-state index in [0.717, 1.165) is 28.3 Å². The fourth-order valence-electron chi connectivity index (χ4n) is 3.63. The van der Waals surface area contributed by atoms with Gasteiger partial charge in [-0.3, -0.25) is 4.79 Å². The van der Waals surface area contributed by atoms with Crippen LogP contribution in [0.3, 0.4) is 0 Å². The molecule has 31 heavy (non-hydrogen) atoms. The number of carbonyl (C=O) groups excluding carboxylic acids is 1. The number of amides is 1. The third-order valence-corrected chi connectivity index (χ3v) is 5.66. The molecule has 1 saturated carbocycles. The number of imidazole rings is 1. The Kier molecular flexibility index (Phi) is 4.88. The highest BCUT2D eigenvalue weighted by Gasteiger charge is 2.29. The number of ether oxygens (including phenoxy) is 1. The number of anilines is 3. The number of nitrogens with zero attached hydrogens (tertiary/aromatic N) is 5. The van der Waals surface area contributed by atoms with E-state index in [1.54, 1.807) is 12.4 Å². The molecule has 0 unspecified atom stereocenters. The van der Waals surface area contributed by atoms with Gasteiger partial charge in [0.05, 0.1) is 35.0 Å². The van der Waals surface area contributed by atoms with Crippen LogP contribution in [0.5, 0.6) is 5.75 Å². The van der Waals surface area contributed by atoms with Crippen molar-refractivity contribution in [3.05, 3.63) is 29.2 Å². The maximum Gasteiger partial charge on any atom is 0.265 e. The number of aromatic nitrogens is 4. The first kappa shape index (κ1) is 19.9. The molecule has 162 valence electrons. The topological polar surface area (TPSA) is 85.2 Å². The van der Waals surface area contributed by atoms with E-state index in [2.05, 4.69) is 20.3 Å². The van der Waals surface area contributed by atoms with E-state index in [1.807, 2.05) is 11.5 Å². The monoisotopic (exact) mass is 448 g/mol. The summed E-state index contributed by atoms with van der Waals surface area (Å²) in [6.45, 7) is 1.69. The molecule has 8 nitrogen and oxygen atoms in total. The van der Waals surface area contributed by atoms with Gasteiger partial charge in [0, 0.05) is 12.6 Å². The molecule has 1 aromatic carbocycles. The Hall–Kier alpha value is -3.01. The third-order valence-electron chi connectivity index (χ3n) is 5.35. The molecule has 2 aromatic heterocycles. The van der Waals surface area contributed by atoms with Gasteiger partial charge in [-0.05, 0) is 31.7 Å². The van der Waals surface area contributed by atoms with Crippen LogP contribution in [0.4, 0.5) is 26.1 Å². The summed E-state index contributed by atoms with van der Waals surface area (Å²) >= 11 is 6.39. The lowest BCUT2D eigenvalue weighted by Gasteiger charge is -2.29. The summed E-state index contributed by atoms with van der Waals surface area (Å²) in [5.74, 6) is 0.734. The average molecular weight is 449 g/mol. The van der Waals surface area contributed by atoms with E-state index in [1.165, 1.54) is 18.9 Å². The predicted molar refractivity (Wildman–Crippen MR) is 111 cm³/mol. The zero-order valence-electron chi connectivity index (χ0n) is 16.6. The van der Waals surface area contributed by atoms with E-state index in [0.29, 0.717) is 17.6 Å². The van der Waals surface area contributed by atoms with E-state index in [9.17, 15) is 13.6 Å². The first-order valence-electron chi connectivity index (χ1n) is 9.90. The predicted octanol–water partition coefficient (Wildman–Crippen LogP) is 3.93. The molecule has 5 rings (SSSR count). The van der Waals surface area contributed by atoms with E-state index >= 15 is 0 Å². The molecule has 3 heterocycles. The lowest BCUT2D eigenvalue weighted by atomic mass is 10.2. The van der Waals surface area contributed by atoms with Crippen LogP contribution in [0, 0.1) is 12.8 Å².